The van der Waals surface area contributed by atoms with Crippen molar-refractivity contribution in [3.63, 3.8) is 0 Å². The highest BCUT2D eigenvalue weighted by molar-refractivity contribution is 7.91. The van der Waals surface area contributed by atoms with Crippen molar-refractivity contribution in [2.24, 2.45) is 0 Å². The smallest absolute Gasteiger partial charge is 0.258 e. The number of nitrogen functional groups attached to an aromatic ring is 1. The van der Waals surface area contributed by atoms with Crippen molar-refractivity contribution < 1.29 is 8.42 Å². The van der Waals surface area contributed by atoms with E-state index < -0.39 is 9.84 Å². The van der Waals surface area contributed by atoms with Gasteiger partial charge in [0.05, 0.1) is 40.1 Å². The van der Waals surface area contributed by atoms with Gasteiger partial charge in [-0.25, -0.2) is 13.4 Å². The van der Waals surface area contributed by atoms with E-state index in [9.17, 15) is 13.2 Å². The highest BCUT2D eigenvalue weighted by atomic mass is 32.2. The summed E-state index contributed by atoms with van der Waals surface area (Å²) >= 11 is 0. The van der Waals surface area contributed by atoms with Crippen LogP contribution in [0.2, 0.25) is 0 Å². The Morgan fingerprint density at radius 1 is 1.24 bits per heavy atom. The predicted octanol–water partition coefficient (Wildman–Crippen LogP) is 0.130. The maximum Gasteiger partial charge on any atom is 0.258 e. The molecule has 0 bridgehead atoms. The quantitative estimate of drug-likeness (QED) is 0.725. The predicted molar refractivity (Wildman–Crippen MR) is 82.3 cm³/mol. The average molecular weight is 308 g/mol. The zero-order valence-electron chi connectivity index (χ0n) is 11.4. The van der Waals surface area contributed by atoms with Crippen LogP contribution in [0.25, 0.3) is 10.9 Å². The van der Waals surface area contributed by atoms with Crippen LogP contribution in [-0.4, -0.2) is 43.0 Å². The fourth-order valence-electron chi connectivity index (χ4n) is 2.57. The first-order chi connectivity index (χ1) is 9.96. The second kappa shape index (κ2) is 5.03. The number of nitrogens with two attached hydrogens (primary N) is 1. The number of benzene rings is 1. The Labute approximate surface area is 121 Å². The molecule has 21 heavy (non-hydrogen) atoms. The van der Waals surface area contributed by atoms with Gasteiger partial charge < -0.3 is 15.6 Å². The van der Waals surface area contributed by atoms with Crippen LogP contribution in [0.5, 0.6) is 0 Å². The molecule has 1 aromatic carbocycles. The molecule has 2 aromatic rings. The highest BCUT2D eigenvalue weighted by Gasteiger charge is 2.21. The fraction of sp³-hybridized carbons (Fsp3) is 0.385. The number of anilines is 2. The van der Waals surface area contributed by atoms with E-state index in [1.807, 2.05) is 4.90 Å². The average Bonchev–Trinajstić information content (AvgIpc) is 2.60. The van der Waals surface area contributed by atoms with Crippen molar-refractivity contribution in [2.75, 3.05) is 35.2 Å². The SMILES string of the molecule is Nc1cc2c(=O)[nH]cnc2cc1N1CCCS(=O)(=O)CC1. The number of aromatic amines is 1. The van der Waals surface area contributed by atoms with Gasteiger partial charge in [0, 0.05) is 13.1 Å². The lowest BCUT2D eigenvalue weighted by molar-refractivity contribution is 0.597. The van der Waals surface area contributed by atoms with Gasteiger partial charge in [0.1, 0.15) is 0 Å². The molecule has 8 heteroatoms. The Bertz CT molecular complexity index is 844. The maximum absolute atomic E-state index is 11.7. The summed E-state index contributed by atoms with van der Waals surface area (Å²) in [6.07, 6.45) is 1.92. The zero-order chi connectivity index (χ0) is 15.0. The molecule has 1 aliphatic heterocycles. The summed E-state index contributed by atoms with van der Waals surface area (Å²) in [7, 11) is -2.98. The van der Waals surface area contributed by atoms with Crippen molar-refractivity contribution >= 4 is 32.1 Å². The summed E-state index contributed by atoms with van der Waals surface area (Å²) in [5.41, 5.74) is 7.54. The summed E-state index contributed by atoms with van der Waals surface area (Å²) in [5, 5.41) is 0.432. The molecule has 0 unspecified atom stereocenters. The van der Waals surface area contributed by atoms with Crippen LogP contribution in [0.4, 0.5) is 11.4 Å². The molecule has 1 saturated heterocycles. The first-order valence-electron chi connectivity index (χ1n) is 6.68. The number of nitrogens with zero attached hydrogens (tertiary/aromatic N) is 2. The Balaban J connectivity index is 2.04. The number of hydrogen-bond acceptors (Lipinski definition) is 6. The van der Waals surface area contributed by atoms with Gasteiger partial charge in [0.15, 0.2) is 9.84 Å². The van der Waals surface area contributed by atoms with Crippen LogP contribution in [-0.2, 0) is 9.84 Å². The molecule has 3 rings (SSSR count). The first kappa shape index (κ1) is 13.9. The molecule has 1 aliphatic rings. The third-order valence-electron chi connectivity index (χ3n) is 3.69. The second-order valence-corrected chi connectivity index (χ2v) is 7.46. The molecule has 2 heterocycles. The van der Waals surface area contributed by atoms with Crippen LogP contribution in [0, 0.1) is 0 Å². The van der Waals surface area contributed by atoms with Gasteiger partial charge in [-0.2, -0.15) is 0 Å². The van der Waals surface area contributed by atoms with E-state index in [4.69, 9.17) is 5.73 Å². The van der Waals surface area contributed by atoms with E-state index in [0.717, 1.165) is 5.69 Å². The summed E-state index contributed by atoms with van der Waals surface area (Å²) in [4.78, 5) is 20.3. The van der Waals surface area contributed by atoms with Gasteiger partial charge in [-0.3, -0.25) is 4.79 Å². The van der Waals surface area contributed by atoms with Crippen LogP contribution < -0.4 is 16.2 Å². The number of H-pyrrole nitrogens is 1. The fourth-order valence-corrected chi connectivity index (χ4v) is 3.85. The third kappa shape index (κ3) is 2.71. The normalized spacial score (nSPS) is 18.6. The molecule has 0 aliphatic carbocycles. The third-order valence-corrected chi connectivity index (χ3v) is 5.40. The number of rotatable bonds is 1. The monoisotopic (exact) mass is 308 g/mol. The minimum absolute atomic E-state index is 0.118. The lowest BCUT2D eigenvalue weighted by Crippen LogP contribution is -2.27. The van der Waals surface area contributed by atoms with E-state index in [-0.39, 0.29) is 17.1 Å². The van der Waals surface area contributed by atoms with Crippen LogP contribution >= 0.6 is 0 Å². The van der Waals surface area contributed by atoms with Gasteiger partial charge in [-0.15, -0.1) is 0 Å². The lowest BCUT2D eigenvalue weighted by Gasteiger charge is -2.23. The van der Waals surface area contributed by atoms with Gasteiger partial charge in [-0.05, 0) is 18.6 Å². The first-order valence-corrected chi connectivity index (χ1v) is 8.51. The second-order valence-electron chi connectivity index (χ2n) is 5.15. The molecule has 0 saturated carbocycles. The minimum Gasteiger partial charge on any atom is -0.397 e. The standard InChI is InChI=1S/C13H16N4O3S/c14-10-6-9-11(15-8-16-13(9)18)7-12(10)17-2-1-4-21(19,20)5-3-17/h6-8H,1-5,14H2,(H,15,16,18). The van der Waals surface area contributed by atoms with Crippen molar-refractivity contribution in [2.45, 2.75) is 6.42 Å². The molecule has 0 spiro atoms. The van der Waals surface area contributed by atoms with E-state index in [1.54, 1.807) is 12.1 Å². The zero-order valence-corrected chi connectivity index (χ0v) is 12.2. The highest BCUT2D eigenvalue weighted by Crippen LogP contribution is 2.28. The molecule has 7 nitrogen and oxygen atoms in total. The number of hydrogen-bond donors (Lipinski definition) is 2. The Hall–Kier alpha value is -2.09. The number of aromatic nitrogens is 2. The molecule has 0 amide bonds. The van der Waals surface area contributed by atoms with Crippen molar-refractivity contribution in [1.29, 1.82) is 0 Å². The largest absolute Gasteiger partial charge is 0.397 e. The van der Waals surface area contributed by atoms with E-state index in [1.165, 1.54) is 6.33 Å². The van der Waals surface area contributed by atoms with E-state index in [2.05, 4.69) is 9.97 Å². The molecule has 3 N–H and O–H groups in total. The number of sulfone groups is 1. The minimum atomic E-state index is -2.98. The van der Waals surface area contributed by atoms with Gasteiger partial charge >= 0.3 is 0 Å². The topological polar surface area (TPSA) is 109 Å². The molecular weight excluding hydrogens is 292 g/mol. The Morgan fingerprint density at radius 2 is 2.05 bits per heavy atom. The summed E-state index contributed by atoms with van der Waals surface area (Å²) < 4.78 is 23.3. The molecule has 0 radical (unpaired) electrons. The number of nitrogens with one attached hydrogen (secondary N) is 1. The van der Waals surface area contributed by atoms with Crippen LogP contribution in [0.15, 0.2) is 23.3 Å². The Kier molecular flexibility index (Phi) is 3.32. The van der Waals surface area contributed by atoms with Crippen molar-refractivity contribution in [1.82, 2.24) is 9.97 Å². The molecular formula is C13H16N4O3S. The van der Waals surface area contributed by atoms with Crippen LogP contribution in [0.1, 0.15) is 6.42 Å². The van der Waals surface area contributed by atoms with Gasteiger partial charge in [0.2, 0.25) is 0 Å². The van der Waals surface area contributed by atoms with Gasteiger partial charge in [-0.1, -0.05) is 0 Å². The van der Waals surface area contributed by atoms with Gasteiger partial charge in [0.25, 0.3) is 5.56 Å². The molecule has 112 valence electrons. The summed E-state index contributed by atoms with van der Waals surface area (Å²) in [5.74, 6) is 0.322. The maximum atomic E-state index is 11.7. The summed E-state index contributed by atoms with van der Waals surface area (Å²) in [6, 6.07) is 3.34. The van der Waals surface area contributed by atoms with Crippen molar-refractivity contribution in [3.05, 3.63) is 28.8 Å². The van der Waals surface area contributed by atoms with E-state index >= 15 is 0 Å². The molecule has 0 atom stereocenters. The van der Waals surface area contributed by atoms with E-state index in [0.29, 0.717) is 36.1 Å². The van der Waals surface area contributed by atoms with Crippen LogP contribution in [0.3, 0.4) is 0 Å². The lowest BCUT2D eigenvalue weighted by atomic mass is 10.1. The van der Waals surface area contributed by atoms with Crippen molar-refractivity contribution in [3.8, 4) is 0 Å². The molecule has 1 aromatic heterocycles. The Morgan fingerprint density at radius 3 is 2.86 bits per heavy atom. The molecule has 1 fully saturated rings. The number of fused-ring (bicyclic) bond motifs is 1. The summed E-state index contributed by atoms with van der Waals surface area (Å²) in [6.45, 7) is 1.03.